The summed E-state index contributed by atoms with van der Waals surface area (Å²) in [7, 11) is 3.28. The molecule has 2 aliphatic heterocycles. The molecule has 20 heteroatoms. The Balaban J connectivity index is 0.000000195. The van der Waals surface area contributed by atoms with Crippen LogP contribution >= 0.6 is 0 Å². The molecule has 8 aromatic rings. The van der Waals surface area contributed by atoms with Crippen molar-refractivity contribution < 1.29 is 28.7 Å². The summed E-state index contributed by atoms with van der Waals surface area (Å²) in [6, 6.07) is 32.4. The van der Waals surface area contributed by atoms with Crippen LogP contribution in [0.2, 0.25) is 0 Å². The normalized spacial score (nSPS) is 13.8. The number of carbonyl (C=O) groups excluding carboxylic acids is 5. The van der Waals surface area contributed by atoms with Crippen LogP contribution in [-0.4, -0.2) is 122 Å². The number of benzene rings is 2. The van der Waals surface area contributed by atoms with Crippen molar-refractivity contribution in [2.45, 2.75) is 64.1 Å². The molecule has 8 heterocycles. The smallest absolute Gasteiger partial charge is 0.410 e. The van der Waals surface area contributed by atoms with Crippen LogP contribution in [0.4, 0.5) is 16.4 Å². The Morgan fingerprint density at radius 1 is 0.595 bits per heavy atom. The third-order valence-corrected chi connectivity index (χ3v) is 13.7. The summed E-state index contributed by atoms with van der Waals surface area (Å²) in [4.78, 5) is 77.3. The van der Waals surface area contributed by atoms with Gasteiger partial charge in [0, 0.05) is 97.4 Å². The predicted molar refractivity (Wildman–Crippen MR) is 296 cm³/mol. The zero-order valence-electron chi connectivity index (χ0n) is 44.4. The Kier molecular flexibility index (Phi) is 16.2. The van der Waals surface area contributed by atoms with Gasteiger partial charge in [0.25, 0.3) is 23.6 Å². The highest BCUT2D eigenvalue weighted by Gasteiger charge is 2.28. The highest BCUT2D eigenvalue weighted by atomic mass is 16.6. The number of pyridine rings is 4. The second kappa shape index (κ2) is 23.6. The molecule has 20 nitrogen and oxygen atoms in total. The monoisotopic (exact) mass is 1060 g/mol. The molecule has 0 aliphatic carbocycles. The lowest BCUT2D eigenvalue weighted by atomic mass is 10.0. The van der Waals surface area contributed by atoms with Gasteiger partial charge in [0.2, 0.25) is 0 Å². The van der Waals surface area contributed by atoms with E-state index in [2.05, 4.69) is 36.1 Å². The molecular formula is C59H58N14O6. The maximum Gasteiger partial charge on any atom is 0.410 e. The summed E-state index contributed by atoms with van der Waals surface area (Å²) in [5.41, 5.74) is 7.31. The summed E-state index contributed by atoms with van der Waals surface area (Å²) < 4.78 is 8.85. The first-order valence-corrected chi connectivity index (χ1v) is 25.8. The van der Waals surface area contributed by atoms with Gasteiger partial charge < -0.3 is 25.6 Å². The van der Waals surface area contributed by atoms with Gasteiger partial charge in [0.1, 0.15) is 29.4 Å². The Labute approximate surface area is 456 Å². The topological polar surface area (TPSA) is 248 Å². The maximum absolute atomic E-state index is 13.2. The van der Waals surface area contributed by atoms with Gasteiger partial charge in [-0.3, -0.25) is 29.0 Å². The number of ether oxygens (including phenoxy) is 1. The van der Waals surface area contributed by atoms with Crippen LogP contribution in [0.1, 0.15) is 99.0 Å². The van der Waals surface area contributed by atoms with Crippen LogP contribution in [0.5, 0.6) is 0 Å². The largest absolute Gasteiger partial charge is 0.444 e. The van der Waals surface area contributed by atoms with Crippen LogP contribution in [-0.2, 0) is 4.74 Å². The second-order valence-electron chi connectivity index (χ2n) is 20.2. The zero-order valence-corrected chi connectivity index (χ0v) is 44.4. The molecule has 0 saturated carbocycles. The van der Waals surface area contributed by atoms with Gasteiger partial charge in [-0.1, -0.05) is 24.3 Å². The summed E-state index contributed by atoms with van der Waals surface area (Å²) in [6.07, 6.45) is 12.7. The van der Waals surface area contributed by atoms with Crippen molar-refractivity contribution in [3.05, 3.63) is 168 Å². The summed E-state index contributed by atoms with van der Waals surface area (Å²) in [5, 5.41) is 36.3. The Morgan fingerprint density at radius 3 is 1.42 bits per heavy atom. The third-order valence-electron chi connectivity index (χ3n) is 13.7. The molecule has 400 valence electrons. The fourth-order valence-corrected chi connectivity index (χ4v) is 9.21. The number of hydrogen-bond acceptors (Lipinski definition) is 13. The standard InChI is InChI=1S/C32H33N7O4.C27H25N7O2/c1-32(2,3)43-31(42)38-14-12-25(13-15-38)36-29(40)23-8-6-22(7-9-23)26-20-35-39-16-11-24(17-27(26)39)30(41)37(4)28-10-5-21(18-33)19-34-28;1-33(25-7-2-18(15-28)16-30-25)27(36)21-10-13-34-24(14-21)23(17-31-34)19-3-5-20(6-4-19)26(35)32-22-8-11-29-12-9-22/h5-11,16-17,19-20,25H,12-15H2,1-4H3,(H,36,40);2-7,10,13-14,16-17,22,29H,8-9,11-12H2,1H3,(H,32,35). The average Bonchev–Trinajstić information content (AvgIpc) is 4.27. The highest BCUT2D eigenvalue weighted by Crippen LogP contribution is 2.29. The van der Waals surface area contributed by atoms with Crippen molar-refractivity contribution in [2.75, 3.05) is 50.1 Å². The number of piperidine rings is 2. The van der Waals surface area contributed by atoms with Gasteiger partial charge in [-0.2, -0.15) is 20.7 Å². The van der Waals surface area contributed by atoms with Crippen molar-refractivity contribution in [1.82, 2.24) is 50.0 Å². The number of nitriles is 2. The molecule has 0 radical (unpaired) electrons. The van der Waals surface area contributed by atoms with E-state index in [9.17, 15) is 24.0 Å². The van der Waals surface area contributed by atoms with Crippen molar-refractivity contribution in [1.29, 1.82) is 10.5 Å². The number of likely N-dealkylation sites (tertiary alicyclic amines) is 1. The van der Waals surface area contributed by atoms with E-state index in [1.807, 2.05) is 69.3 Å². The lowest BCUT2D eigenvalue weighted by Gasteiger charge is -2.33. The van der Waals surface area contributed by atoms with Crippen LogP contribution in [0.25, 0.3) is 33.3 Å². The lowest BCUT2D eigenvalue weighted by molar-refractivity contribution is 0.0199. The lowest BCUT2D eigenvalue weighted by Crippen LogP contribution is -2.47. The minimum Gasteiger partial charge on any atom is -0.444 e. The van der Waals surface area contributed by atoms with E-state index >= 15 is 0 Å². The summed E-state index contributed by atoms with van der Waals surface area (Å²) in [5.74, 6) is 0.156. The molecule has 0 atom stereocenters. The molecule has 6 aromatic heterocycles. The van der Waals surface area contributed by atoms with Gasteiger partial charge in [0.15, 0.2) is 0 Å². The molecule has 0 spiro atoms. The average molecular weight is 1060 g/mol. The number of fused-ring (bicyclic) bond motifs is 2. The summed E-state index contributed by atoms with van der Waals surface area (Å²) in [6.45, 7) is 8.42. The predicted octanol–water partition coefficient (Wildman–Crippen LogP) is 7.70. The minimum atomic E-state index is -0.543. The fourth-order valence-electron chi connectivity index (χ4n) is 9.21. The number of nitrogens with one attached hydrogen (secondary N) is 3. The molecule has 2 aliphatic rings. The van der Waals surface area contributed by atoms with Gasteiger partial charge in [0.05, 0.1) is 34.6 Å². The van der Waals surface area contributed by atoms with Crippen LogP contribution in [0, 0.1) is 22.7 Å². The van der Waals surface area contributed by atoms with E-state index in [1.165, 1.54) is 22.2 Å². The third kappa shape index (κ3) is 12.7. The Hall–Kier alpha value is -9.79. The molecule has 2 saturated heterocycles. The molecule has 79 heavy (non-hydrogen) atoms. The Bertz CT molecular complexity index is 3620. The van der Waals surface area contributed by atoms with Gasteiger partial charge in [-0.05, 0) is 143 Å². The number of nitrogens with zero attached hydrogens (tertiary/aromatic N) is 11. The zero-order chi connectivity index (χ0) is 55.8. The molecule has 10 rings (SSSR count). The number of aromatic nitrogens is 6. The van der Waals surface area contributed by atoms with Crippen LogP contribution in [0.3, 0.4) is 0 Å². The van der Waals surface area contributed by atoms with E-state index in [1.54, 1.807) is 113 Å². The number of carbonyl (C=O) groups is 5. The molecule has 0 unspecified atom stereocenters. The Morgan fingerprint density at radius 2 is 1.03 bits per heavy atom. The minimum absolute atomic E-state index is 0.0287. The molecule has 5 amide bonds. The van der Waals surface area contributed by atoms with E-state index in [0.717, 1.165) is 59.2 Å². The first-order chi connectivity index (χ1) is 38.0. The SMILES string of the molecule is CN(C(=O)c1ccn2ncc(-c3ccc(C(=O)NC4CCN(C(=O)OC(C)(C)C)CC4)cc3)c2c1)c1ccc(C#N)cn1.CN(C(=O)c1ccn2ncc(-c3ccc(C(=O)NC4CCNCC4)cc3)c2c1)c1ccc(C#N)cn1. The fraction of sp³-hybridized carbons (Fsp3) is 0.271. The quantitative estimate of drug-likeness (QED) is 0.119. The van der Waals surface area contributed by atoms with Gasteiger partial charge in [-0.25, -0.2) is 23.8 Å². The van der Waals surface area contributed by atoms with E-state index in [-0.39, 0.29) is 41.8 Å². The van der Waals surface area contributed by atoms with Gasteiger partial charge >= 0.3 is 6.09 Å². The van der Waals surface area contributed by atoms with Crippen LogP contribution in [0.15, 0.2) is 134 Å². The maximum atomic E-state index is 13.2. The first-order valence-electron chi connectivity index (χ1n) is 25.8. The number of amides is 5. The van der Waals surface area contributed by atoms with Crippen molar-refractivity contribution in [3.8, 4) is 34.4 Å². The molecule has 2 aromatic carbocycles. The number of anilines is 2. The molecule has 2 fully saturated rings. The first kappa shape index (κ1) is 54.0. The van der Waals surface area contributed by atoms with E-state index in [4.69, 9.17) is 15.3 Å². The van der Waals surface area contributed by atoms with E-state index in [0.29, 0.717) is 70.9 Å². The van der Waals surface area contributed by atoms with Crippen molar-refractivity contribution in [3.63, 3.8) is 0 Å². The molecule has 0 bridgehead atoms. The highest BCUT2D eigenvalue weighted by molar-refractivity contribution is 6.07. The molecular weight excluding hydrogens is 1000 g/mol. The van der Waals surface area contributed by atoms with Crippen LogP contribution < -0.4 is 25.8 Å². The van der Waals surface area contributed by atoms with Crippen molar-refractivity contribution >= 4 is 52.4 Å². The number of rotatable bonds is 10. The van der Waals surface area contributed by atoms with Crippen molar-refractivity contribution in [2.24, 2.45) is 0 Å². The summed E-state index contributed by atoms with van der Waals surface area (Å²) >= 11 is 0. The van der Waals surface area contributed by atoms with E-state index < -0.39 is 5.60 Å². The molecule has 3 N–H and O–H groups in total. The number of hydrogen-bond donors (Lipinski definition) is 3. The van der Waals surface area contributed by atoms with Gasteiger partial charge in [-0.15, -0.1) is 0 Å². The second-order valence-corrected chi connectivity index (χ2v) is 20.2.